The summed E-state index contributed by atoms with van der Waals surface area (Å²) in [6.07, 6.45) is 0.229. The van der Waals surface area contributed by atoms with Gasteiger partial charge in [-0.3, -0.25) is 4.79 Å². The molecule has 0 saturated heterocycles. The van der Waals surface area contributed by atoms with Crippen molar-refractivity contribution < 1.29 is 14.1 Å². The first-order chi connectivity index (χ1) is 8.11. The molecule has 0 bridgehead atoms. The number of likely N-dealkylation sites (N-methyl/N-ethyl adjacent to an activating group) is 1. The van der Waals surface area contributed by atoms with Crippen molar-refractivity contribution in [2.24, 2.45) is 0 Å². The maximum atomic E-state index is 11.6. The Labute approximate surface area is 98.9 Å². The molecule has 0 saturated carbocycles. The summed E-state index contributed by atoms with van der Waals surface area (Å²) in [6, 6.07) is 5.40. The molecule has 0 N–H and O–H groups in total. The van der Waals surface area contributed by atoms with Crippen molar-refractivity contribution in [3.8, 4) is 5.75 Å². The van der Waals surface area contributed by atoms with Crippen molar-refractivity contribution in [2.45, 2.75) is 6.42 Å². The van der Waals surface area contributed by atoms with E-state index in [-0.39, 0.29) is 12.3 Å². The molecular formula is C12H14N2O3. The third kappa shape index (κ3) is 2.22. The second-order valence-electron chi connectivity index (χ2n) is 3.96. The molecule has 1 aromatic carbocycles. The Morgan fingerprint density at radius 1 is 1.47 bits per heavy atom. The predicted molar refractivity (Wildman–Crippen MR) is 63.0 cm³/mol. The number of fused-ring (bicyclic) bond motifs is 1. The molecule has 5 nitrogen and oxygen atoms in total. The topological polar surface area (TPSA) is 55.6 Å². The van der Waals surface area contributed by atoms with Gasteiger partial charge in [-0.25, -0.2) is 0 Å². The molecule has 1 amide bonds. The van der Waals surface area contributed by atoms with Gasteiger partial charge < -0.3 is 14.2 Å². The van der Waals surface area contributed by atoms with Crippen LogP contribution in [0.5, 0.6) is 5.75 Å². The predicted octanol–water partition coefficient (Wildman–Crippen LogP) is 1.47. The summed E-state index contributed by atoms with van der Waals surface area (Å²) >= 11 is 0. The van der Waals surface area contributed by atoms with Crippen molar-refractivity contribution in [3.05, 3.63) is 23.9 Å². The summed E-state index contributed by atoms with van der Waals surface area (Å²) in [7, 11) is 5.02. The highest BCUT2D eigenvalue weighted by Crippen LogP contribution is 2.24. The summed E-state index contributed by atoms with van der Waals surface area (Å²) in [5.41, 5.74) is 1.30. The maximum absolute atomic E-state index is 11.6. The van der Waals surface area contributed by atoms with E-state index in [1.807, 2.05) is 6.07 Å². The third-order valence-corrected chi connectivity index (χ3v) is 2.57. The Kier molecular flexibility index (Phi) is 2.99. The van der Waals surface area contributed by atoms with Gasteiger partial charge in [-0.1, -0.05) is 5.16 Å². The van der Waals surface area contributed by atoms with Crippen molar-refractivity contribution >= 4 is 16.9 Å². The average molecular weight is 234 g/mol. The van der Waals surface area contributed by atoms with Crippen LogP contribution in [0.4, 0.5) is 0 Å². The Hall–Kier alpha value is -2.04. The first kappa shape index (κ1) is 11.4. The third-order valence-electron chi connectivity index (χ3n) is 2.57. The minimum Gasteiger partial charge on any atom is -0.497 e. The van der Waals surface area contributed by atoms with Crippen LogP contribution in [0.25, 0.3) is 11.0 Å². The van der Waals surface area contributed by atoms with Crippen LogP contribution in [0.3, 0.4) is 0 Å². The molecule has 0 radical (unpaired) electrons. The van der Waals surface area contributed by atoms with Crippen LogP contribution in [-0.4, -0.2) is 37.2 Å². The zero-order valence-electron chi connectivity index (χ0n) is 10.1. The molecule has 90 valence electrons. The average Bonchev–Trinajstić information content (AvgIpc) is 2.71. The largest absolute Gasteiger partial charge is 0.497 e. The van der Waals surface area contributed by atoms with E-state index < -0.39 is 0 Å². The van der Waals surface area contributed by atoms with Crippen LogP contribution >= 0.6 is 0 Å². The fourth-order valence-electron chi connectivity index (χ4n) is 1.52. The van der Waals surface area contributed by atoms with Gasteiger partial charge in [0.25, 0.3) is 0 Å². The number of carbonyl (C=O) groups is 1. The lowest BCUT2D eigenvalue weighted by molar-refractivity contribution is -0.128. The number of hydrogen-bond acceptors (Lipinski definition) is 4. The Balaban J connectivity index is 2.37. The van der Waals surface area contributed by atoms with Gasteiger partial charge in [0, 0.05) is 19.5 Å². The molecule has 0 aliphatic heterocycles. The number of amides is 1. The minimum absolute atomic E-state index is 0.0111. The lowest BCUT2D eigenvalue weighted by Crippen LogP contribution is -2.23. The van der Waals surface area contributed by atoms with Crippen molar-refractivity contribution in [1.29, 1.82) is 0 Å². The van der Waals surface area contributed by atoms with Crippen LogP contribution < -0.4 is 4.74 Å². The molecule has 2 rings (SSSR count). The molecule has 0 unspecified atom stereocenters. The quantitative estimate of drug-likeness (QED) is 0.807. The van der Waals surface area contributed by atoms with Gasteiger partial charge in [0.1, 0.15) is 11.4 Å². The minimum atomic E-state index is -0.0111. The van der Waals surface area contributed by atoms with E-state index in [4.69, 9.17) is 9.26 Å². The van der Waals surface area contributed by atoms with Gasteiger partial charge in [-0.2, -0.15) is 0 Å². The normalized spacial score (nSPS) is 10.5. The van der Waals surface area contributed by atoms with Crippen LogP contribution in [0.2, 0.25) is 0 Å². The molecule has 0 fully saturated rings. The second kappa shape index (κ2) is 4.45. The summed E-state index contributed by atoms with van der Waals surface area (Å²) in [5, 5.41) is 4.73. The Morgan fingerprint density at radius 2 is 2.24 bits per heavy atom. The number of aromatic nitrogens is 1. The fourth-order valence-corrected chi connectivity index (χ4v) is 1.52. The highest BCUT2D eigenvalue weighted by molar-refractivity contribution is 5.86. The molecule has 5 heteroatoms. The number of hydrogen-bond donors (Lipinski definition) is 0. The molecule has 1 heterocycles. The molecule has 2 aromatic rings. The Morgan fingerprint density at radius 3 is 2.88 bits per heavy atom. The van der Waals surface area contributed by atoms with Crippen LogP contribution in [-0.2, 0) is 11.2 Å². The fraction of sp³-hybridized carbons (Fsp3) is 0.333. The first-order valence-corrected chi connectivity index (χ1v) is 5.24. The van der Waals surface area contributed by atoms with Gasteiger partial charge >= 0.3 is 0 Å². The molecule has 0 aliphatic carbocycles. The van der Waals surface area contributed by atoms with Gasteiger partial charge in [0.2, 0.25) is 5.91 Å². The van der Waals surface area contributed by atoms with E-state index in [0.29, 0.717) is 11.3 Å². The molecule has 0 spiro atoms. The number of benzene rings is 1. The smallest absolute Gasteiger partial charge is 0.228 e. The number of rotatable bonds is 3. The molecule has 0 aliphatic rings. The van der Waals surface area contributed by atoms with E-state index >= 15 is 0 Å². The molecular weight excluding hydrogens is 220 g/mol. The van der Waals surface area contributed by atoms with Gasteiger partial charge in [-0.15, -0.1) is 0 Å². The molecule has 0 atom stereocenters. The lowest BCUT2D eigenvalue weighted by atomic mass is 10.1. The summed E-state index contributed by atoms with van der Waals surface area (Å²) < 4.78 is 10.3. The number of methoxy groups -OCH3 is 1. The van der Waals surface area contributed by atoms with E-state index in [1.165, 1.54) is 4.90 Å². The van der Waals surface area contributed by atoms with Crippen LogP contribution in [0.15, 0.2) is 22.7 Å². The van der Waals surface area contributed by atoms with Crippen LogP contribution in [0.1, 0.15) is 5.69 Å². The number of ether oxygens (including phenoxy) is 1. The first-order valence-electron chi connectivity index (χ1n) is 5.24. The summed E-state index contributed by atoms with van der Waals surface area (Å²) in [6.45, 7) is 0. The molecule has 1 aromatic heterocycles. The second-order valence-corrected chi connectivity index (χ2v) is 3.96. The van der Waals surface area contributed by atoms with E-state index in [0.717, 1.165) is 11.1 Å². The Bertz CT molecular complexity index is 546. The van der Waals surface area contributed by atoms with E-state index in [2.05, 4.69) is 5.16 Å². The monoisotopic (exact) mass is 234 g/mol. The number of nitrogens with zero attached hydrogens (tertiary/aromatic N) is 2. The van der Waals surface area contributed by atoms with Gasteiger partial charge in [0.15, 0.2) is 5.58 Å². The maximum Gasteiger partial charge on any atom is 0.228 e. The highest BCUT2D eigenvalue weighted by Gasteiger charge is 2.14. The highest BCUT2D eigenvalue weighted by atomic mass is 16.5. The van der Waals surface area contributed by atoms with Gasteiger partial charge in [0.05, 0.1) is 13.5 Å². The zero-order chi connectivity index (χ0) is 12.4. The SMILES string of the molecule is COc1ccc2onc(CC(=O)N(C)C)c2c1. The van der Waals surface area contributed by atoms with Gasteiger partial charge in [-0.05, 0) is 18.2 Å². The lowest BCUT2D eigenvalue weighted by Gasteiger charge is -2.08. The molecule has 17 heavy (non-hydrogen) atoms. The van der Waals surface area contributed by atoms with Crippen LogP contribution in [0, 0.1) is 0 Å². The number of carbonyl (C=O) groups excluding carboxylic acids is 1. The van der Waals surface area contributed by atoms with Crippen molar-refractivity contribution in [2.75, 3.05) is 21.2 Å². The van der Waals surface area contributed by atoms with E-state index in [9.17, 15) is 4.79 Å². The summed E-state index contributed by atoms with van der Waals surface area (Å²) in [5.74, 6) is 0.710. The standard InChI is InChI=1S/C12H14N2O3/c1-14(2)12(15)7-10-9-6-8(16-3)4-5-11(9)17-13-10/h4-6H,7H2,1-3H3. The van der Waals surface area contributed by atoms with E-state index in [1.54, 1.807) is 33.3 Å². The summed E-state index contributed by atoms with van der Waals surface area (Å²) in [4.78, 5) is 13.1. The van der Waals surface area contributed by atoms with Crippen molar-refractivity contribution in [3.63, 3.8) is 0 Å². The zero-order valence-corrected chi connectivity index (χ0v) is 10.1. The van der Waals surface area contributed by atoms with Crippen molar-refractivity contribution in [1.82, 2.24) is 10.1 Å².